The first-order valence-corrected chi connectivity index (χ1v) is 5.29. The number of ether oxygens (including phenoxy) is 1. The van der Waals surface area contributed by atoms with Crippen LogP contribution in [0, 0.1) is 0 Å². The Hall–Kier alpha value is -1.62. The number of likely N-dealkylation sites (N-methyl/N-ethyl adjacent to an activating group) is 1. The Labute approximate surface area is 94.5 Å². The number of imidazole rings is 1. The summed E-state index contributed by atoms with van der Waals surface area (Å²) in [6.45, 7) is 2.78. The van der Waals surface area contributed by atoms with Crippen LogP contribution in [0.15, 0.2) is 18.6 Å². The number of hydrogen-bond acceptors (Lipinski definition) is 4. The van der Waals surface area contributed by atoms with Gasteiger partial charge in [-0.15, -0.1) is 0 Å². The molecule has 0 amide bonds. The highest BCUT2D eigenvalue weighted by atomic mass is 16.5. The first kappa shape index (κ1) is 10.9. The van der Waals surface area contributed by atoms with Crippen LogP contribution in [0.25, 0.3) is 11.0 Å². The molecule has 1 atom stereocenters. The van der Waals surface area contributed by atoms with Crippen LogP contribution in [0.3, 0.4) is 0 Å². The van der Waals surface area contributed by atoms with Gasteiger partial charge in [0.1, 0.15) is 6.10 Å². The van der Waals surface area contributed by atoms with Crippen LogP contribution in [0.2, 0.25) is 0 Å². The van der Waals surface area contributed by atoms with Crippen LogP contribution in [0.4, 0.5) is 0 Å². The van der Waals surface area contributed by atoms with E-state index in [4.69, 9.17) is 4.74 Å². The van der Waals surface area contributed by atoms with Crippen molar-refractivity contribution in [2.75, 3.05) is 13.6 Å². The van der Waals surface area contributed by atoms with E-state index < -0.39 is 0 Å². The third kappa shape index (κ3) is 1.99. The van der Waals surface area contributed by atoms with E-state index in [2.05, 4.69) is 15.3 Å². The minimum Gasteiger partial charge on any atom is -0.472 e. The Morgan fingerprint density at radius 1 is 1.50 bits per heavy atom. The van der Waals surface area contributed by atoms with Crippen molar-refractivity contribution in [3.8, 4) is 5.88 Å². The Kier molecular flexibility index (Phi) is 3.05. The van der Waals surface area contributed by atoms with Gasteiger partial charge in [-0.1, -0.05) is 0 Å². The lowest BCUT2D eigenvalue weighted by Crippen LogP contribution is -2.26. The monoisotopic (exact) mass is 220 g/mol. The second-order valence-corrected chi connectivity index (χ2v) is 3.83. The summed E-state index contributed by atoms with van der Waals surface area (Å²) in [5.41, 5.74) is 1.84. The van der Waals surface area contributed by atoms with Crippen LogP contribution in [-0.2, 0) is 7.05 Å². The minimum absolute atomic E-state index is 0.0742. The maximum atomic E-state index is 5.73. The van der Waals surface area contributed by atoms with Crippen molar-refractivity contribution in [3.63, 3.8) is 0 Å². The average molecular weight is 220 g/mol. The molecule has 5 nitrogen and oxygen atoms in total. The number of aromatic nitrogens is 3. The molecule has 2 aromatic heterocycles. The highest BCUT2D eigenvalue weighted by molar-refractivity contribution is 5.79. The number of pyridine rings is 1. The predicted octanol–water partition coefficient (Wildman–Crippen LogP) is 0.955. The third-order valence-electron chi connectivity index (χ3n) is 2.41. The number of nitrogens with zero attached hydrogens (tertiary/aromatic N) is 3. The Morgan fingerprint density at radius 2 is 2.31 bits per heavy atom. The van der Waals surface area contributed by atoms with Crippen LogP contribution in [0.5, 0.6) is 5.88 Å². The van der Waals surface area contributed by atoms with Crippen LogP contribution in [-0.4, -0.2) is 34.2 Å². The lowest BCUT2D eigenvalue weighted by Gasteiger charge is -2.13. The molecule has 0 aliphatic carbocycles. The molecule has 0 saturated heterocycles. The zero-order valence-electron chi connectivity index (χ0n) is 9.77. The highest BCUT2D eigenvalue weighted by Crippen LogP contribution is 2.21. The van der Waals surface area contributed by atoms with E-state index in [1.165, 1.54) is 0 Å². The number of fused-ring (bicyclic) bond motifs is 1. The topological polar surface area (TPSA) is 52.0 Å². The van der Waals surface area contributed by atoms with Crippen LogP contribution < -0.4 is 10.1 Å². The highest BCUT2D eigenvalue weighted by Gasteiger charge is 2.10. The smallest absolute Gasteiger partial charge is 0.242 e. The molecule has 2 aromatic rings. The van der Waals surface area contributed by atoms with Gasteiger partial charge < -0.3 is 14.6 Å². The van der Waals surface area contributed by atoms with Crippen molar-refractivity contribution < 1.29 is 4.74 Å². The quantitative estimate of drug-likeness (QED) is 0.833. The summed E-state index contributed by atoms with van der Waals surface area (Å²) in [5.74, 6) is 0.598. The maximum Gasteiger partial charge on any atom is 0.242 e. The maximum absolute atomic E-state index is 5.73. The Bertz CT molecular complexity index is 480. The summed E-state index contributed by atoms with van der Waals surface area (Å²) >= 11 is 0. The fraction of sp³-hybridized carbons (Fsp3) is 0.455. The van der Waals surface area contributed by atoms with E-state index >= 15 is 0 Å². The van der Waals surface area contributed by atoms with Gasteiger partial charge in [-0.05, 0) is 20.0 Å². The van der Waals surface area contributed by atoms with Gasteiger partial charge in [0.25, 0.3) is 0 Å². The van der Waals surface area contributed by atoms with Gasteiger partial charge in [0, 0.05) is 19.8 Å². The molecule has 0 aliphatic heterocycles. The molecule has 0 bridgehead atoms. The van der Waals surface area contributed by atoms with Crippen molar-refractivity contribution in [1.82, 2.24) is 19.9 Å². The first-order valence-electron chi connectivity index (χ1n) is 5.29. The van der Waals surface area contributed by atoms with E-state index in [9.17, 15) is 0 Å². The molecule has 0 aromatic carbocycles. The van der Waals surface area contributed by atoms with E-state index in [0.717, 1.165) is 17.6 Å². The summed E-state index contributed by atoms with van der Waals surface area (Å²) < 4.78 is 7.68. The molecular weight excluding hydrogens is 204 g/mol. The summed E-state index contributed by atoms with van der Waals surface area (Å²) in [4.78, 5) is 8.50. The van der Waals surface area contributed by atoms with Gasteiger partial charge in [-0.25, -0.2) is 9.97 Å². The molecule has 86 valence electrons. The van der Waals surface area contributed by atoms with Gasteiger partial charge in [0.05, 0.1) is 11.8 Å². The lowest BCUT2D eigenvalue weighted by atomic mass is 10.3. The predicted molar refractivity (Wildman–Crippen MR) is 62.5 cm³/mol. The second kappa shape index (κ2) is 4.49. The minimum atomic E-state index is 0.0742. The molecule has 0 fully saturated rings. The molecule has 0 radical (unpaired) electrons. The van der Waals surface area contributed by atoms with Crippen molar-refractivity contribution >= 4 is 11.0 Å². The summed E-state index contributed by atoms with van der Waals surface area (Å²) in [6, 6.07) is 1.93. The molecule has 0 spiro atoms. The first-order chi connectivity index (χ1) is 7.72. The molecule has 1 unspecified atom stereocenters. The van der Waals surface area contributed by atoms with Crippen molar-refractivity contribution in [3.05, 3.63) is 18.6 Å². The Balaban J connectivity index is 2.30. The standard InChI is InChI=1S/C11H16N4O/c1-8(6-12-2)16-11-10-9(4-5-13-11)15(3)7-14-10/h4-5,7-8,12H,6H2,1-3H3. The van der Waals surface area contributed by atoms with Crippen LogP contribution in [0.1, 0.15) is 6.92 Å². The summed E-state index contributed by atoms with van der Waals surface area (Å²) in [5, 5.41) is 3.06. The van der Waals surface area contributed by atoms with Crippen LogP contribution >= 0.6 is 0 Å². The molecule has 2 heterocycles. The number of hydrogen-bond donors (Lipinski definition) is 1. The molecule has 5 heteroatoms. The molecule has 0 aliphatic rings. The van der Waals surface area contributed by atoms with E-state index in [0.29, 0.717) is 5.88 Å². The zero-order valence-corrected chi connectivity index (χ0v) is 9.77. The van der Waals surface area contributed by atoms with Crippen molar-refractivity contribution in [2.24, 2.45) is 7.05 Å². The molecule has 1 N–H and O–H groups in total. The normalized spacial score (nSPS) is 12.9. The third-order valence-corrected chi connectivity index (χ3v) is 2.41. The molecule has 2 rings (SSSR count). The van der Waals surface area contributed by atoms with Gasteiger partial charge in [-0.2, -0.15) is 0 Å². The SMILES string of the molecule is CNCC(C)Oc1nccc2c1ncn2C. The van der Waals surface area contributed by atoms with Gasteiger partial charge in [-0.3, -0.25) is 0 Å². The number of rotatable bonds is 4. The molecule has 0 saturated carbocycles. The second-order valence-electron chi connectivity index (χ2n) is 3.83. The average Bonchev–Trinajstić information content (AvgIpc) is 2.62. The number of aryl methyl sites for hydroxylation is 1. The van der Waals surface area contributed by atoms with Gasteiger partial charge >= 0.3 is 0 Å². The Morgan fingerprint density at radius 3 is 3.06 bits per heavy atom. The van der Waals surface area contributed by atoms with Gasteiger partial charge in [0.15, 0.2) is 5.52 Å². The number of nitrogens with one attached hydrogen (secondary N) is 1. The lowest BCUT2D eigenvalue weighted by molar-refractivity contribution is 0.214. The van der Waals surface area contributed by atoms with E-state index in [-0.39, 0.29) is 6.10 Å². The molecular formula is C11H16N4O. The fourth-order valence-electron chi connectivity index (χ4n) is 1.64. The van der Waals surface area contributed by atoms with Crippen molar-refractivity contribution in [1.29, 1.82) is 0 Å². The van der Waals surface area contributed by atoms with E-state index in [1.807, 2.05) is 31.7 Å². The van der Waals surface area contributed by atoms with Gasteiger partial charge in [0.2, 0.25) is 5.88 Å². The van der Waals surface area contributed by atoms with Crippen molar-refractivity contribution in [2.45, 2.75) is 13.0 Å². The zero-order chi connectivity index (χ0) is 11.5. The summed E-state index contributed by atoms with van der Waals surface area (Å²) in [6.07, 6.45) is 3.58. The van der Waals surface area contributed by atoms with E-state index in [1.54, 1.807) is 12.5 Å². The largest absolute Gasteiger partial charge is 0.472 e. The fourth-order valence-corrected chi connectivity index (χ4v) is 1.64. The summed E-state index contributed by atoms with van der Waals surface area (Å²) in [7, 11) is 3.85. The molecule has 16 heavy (non-hydrogen) atoms.